The van der Waals surface area contributed by atoms with Gasteiger partial charge in [-0.25, -0.2) is 4.79 Å². The molecule has 5 rings (SSSR count). The van der Waals surface area contributed by atoms with Crippen molar-refractivity contribution in [1.82, 2.24) is 14.8 Å². The van der Waals surface area contributed by atoms with Crippen molar-refractivity contribution in [2.24, 2.45) is 0 Å². The first-order valence-electron chi connectivity index (χ1n) is 9.65. The van der Waals surface area contributed by atoms with Crippen LogP contribution >= 0.6 is 11.8 Å². The van der Waals surface area contributed by atoms with Crippen molar-refractivity contribution in [2.45, 2.75) is 16.8 Å². The summed E-state index contributed by atoms with van der Waals surface area (Å²) in [6.07, 6.45) is 7.71. The summed E-state index contributed by atoms with van der Waals surface area (Å²) in [6, 6.07) is 14.8. The molecule has 0 radical (unpaired) electrons. The van der Waals surface area contributed by atoms with E-state index in [0.29, 0.717) is 0 Å². The molecule has 3 atom stereocenters. The maximum Gasteiger partial charge on any atom is 0.130 e. The third-order valence-corrected chi connectivity index (χ3v) is 7.37. The minimum absolute atomic E-state index is 0.0657. The van der Waals surface area contributed by atoms with Gasteiger partial charge in [0.1, 0.15) is 11.3 Å². The summed E-state index contributed by atoms with van der Waals surface area (Å²) in [4.78, 5) is 23.1. The average molecular weight is 391 g/mol. The predicted octanol–water partition coefficient (Wildman–Crippen LogP) is 2.93. The number of nitrogens with zero attached hydrogens (tertiary/aromatic N) is 4. The first-order chi connectivity index (χ1) is 13.8. The van der Waals surface area contributed by atoms with Crippen LogP contribution in [0.3, 0.4) is 0 Å². The lowest BCUT2D eigenvalue weighted by atomic mass is 10.1. The molecule has 0 amide bonds. The van der Waals surface area contributed by atoms with Crippen LogP contribution in [0.15, 0.2) is 72.7 Å². The number of carbonyl (C=O) groups excluding carboxylic acids is 1. The van der Waals surface area contributed by atoms with Crippen molar-refractivity contribution in [1.29, 1.82) is 0 Å². The highest BCUT2D eigenvalue weighted by molar-refractivity contribution is 8.00. The number of pyridine rings is 1. The molecule has 0 spiro atoms. The standard InChI is InChI=1S/C22H22N4OS/c27-16-18-8-10-26-20(18)22(28-21(26)17-5-4-9-23-15-17)25-13-11-24(12-14-25)19-6-2-1-3-7-19/h1-10,15,20-22H,11-14H2. The van der Waals surface area contributed by atoms with E-state index >= 15 is 0 Å². The van der Waals surface area contributed by atoms with Gasteiger partial charge < -0.3 is 9.80 Å². The molecule has 3 aliphatic heterocycles. The van der Waals surface area contributed by atoms with Crippen LogP contribution in [0, 0.1) is 0 Å². The van der Waals surface area contributed by atoms with Crippen LogP contribution in [0.25, 0.3) is 0 Å². The Morgan fingerprint density at radius 2 is 1.86 bits per heavy atom. The molecular weight excluding hydrogens is 368 g/mol. The average Bonchev–Trinajstić information content (AvgIpc) is 3.36. The highest BCUT2D eigenvalue weighted by Gasteiger charge is 2.48. The summed E-state index contributed by atoms with van der Waals surface area (Å²) in [5.74, 6) is 2.18. The number of piperazine rings is 1. The molecule has 2 aromatic rings. The molecule has 0 N–H and O–H groups in total. The second kappa shape index (κ2) is 7.47. The first kappa shape index (κ1) is 17.6. The Kier molecular flexibility index (Phi) is 4.69. The molecular formula is C22H22N4OS. The quantitative estimate of drug-likeness (QED) is 0.751. The largest absolute Gasteiger partial charge is 0.369 e. The van der Waals surface area contributed by atoms with Gasteiger partial charge in [0.05, 0.1) is 17.0 Å². The van der Waals surface area contributed by atoms with E-state index in [-0.39, 0.29) is 16.8 Å². The van der Waals surface area contributed by atoms with Crippen molar-refractivity contribution in [3.63, 3.8) is 0 Å². The number of aromatic nitrogens is 1. The van der Waals surface area contributed by atoms with Crippen molar-refractivity contribution in [2.75, 3.05) is 31.1 Å². The van der Waals surface area contributed by atoms with Crippen LogP contribution in [0.4, 0.5) is 5.69 Å². The fourth-order valence-electron chi connectivity index (χ4n) is 4.35. The van der Waals surface area contributed by atoms with E-state index in [2.05, 4.69) is 68.2 Å². The first-order valence-corrected chi connectivity index (χ1v) is 10.6. The number of anilines is 1. The van der Waals surface area contributed by atoms with Crippen LogP contribution in [-0.4, -0.2) is 58.3 Å². The number of para-hydroxylation sites is 1. The predicted molar refractivity (Wildman–Crippen MR) is 113 cm³/mol. The Bertz CT molecular complexity index is 905. The second-order valence-corrected chi connectivity index (χ2v) is 8.49. The summed E-state index contributed by atoms with van der Waals surface area (Å²) in [5.41, 5.74) is 3.22. The molecule has 4 heterocycles. The number of benzene rings is 1. The summed E-state index contributed by atoms with van der Waals surface area (Å²) >= 11 is 1.92. The zero-order valence-corrected chi connectivity index (χ0v) is 16.3. The van der Waals surface area contributed by atoms with E-state index in [9.17, 15) is 4.79 Å². The van der Waals surface area contributed by atoms with Gasteiger partial charge in [0, 0.05) is 56.0 Å². The molecule has 3 unspecified atom stereocenters. The molecule has 142 valence electrons. The second-order valence-electron chi connectivity index (χ2n) is 7.29. The minimum atomic E-state index is 0.0657. The van der Waals surface area contributed by atoms with Gasteiger partial charge in [-0.3, -0.25) is 9.88 Å². The van der Waals surface area contributed by atoms with Gasteiger partial charge in [-0.2, -0.15) is 0 Å². The van der Waals surface area contributed by atoms with Gasteiger partial charge in [-0.15, -0.1) is 11.8 Å². The van der Waals surface area contributed by atoms with Crippen LogP contribution in [-0.2, 0) is 4.79 Å². The van der Waals surface area contributed by atoms with Gasteiger partial charge in [-0.05, 0) is 24.3 Å². The SMILES string of the molecule is O=C=C1C=CN2C(c3cccnc3)SC(N3CCN(c4ccccc4)CC3)C12. The van der Waals surface area contributed by atoms with Gasteiger partial charge >= 0.3 is 0 Å². The van der Waals surface area contributed by atoms with Crippen LogP contribution in [0.2, 0.25) is 0 Å². The Labute approximate surface area is 169 Å². The van der Waals surface area contributed by atoms with Gasteiger partial charge in [0.2, 0.25) is 0 Å². The molecule has 1 aromatic heterocycles. The highest BCUT2D eigenvalue weighted by atomic mass is 32.2. The van der Waals surface area contributed by atoms with E-state index < -0.39 is 0 Å². The number of rotatable bonds is 3. The molecule has 6 heteroatoms. The van der Waals surface area contributed by atoms with Crippen LogP contribution < -0.4 is 4.90 Å². The number of fused-ring (bicyclic) bond motifs is 1. The van der Waals surface area contributed by atoms with Crippen molar-refractivity contribution in [3.8, 4) is 0 Å². The Morgan fingerprint density at radius 1 is 1.04 bits per heavy atom. The Hall–Kier alpha value is -2.53. The zero-order chi connectivity index (χ0) is 18.9. The van der Waals surface area contributed by atoms with Crippen LogP contribution in [0.1, 0.15) is 10.9 Å². The normalized spacial score (nSPS) is 27.1. The van der Waals surface area contributed by atoms with Crippen molar-refractivity contribution >= 4 is 23.4 Å². The third kappa shape index (κ3) is 3.04. The van der Waals surface area contributed by atoms with Gasteiger partial charge in [0.25, 0.3) is 0 Å². The maximum atomic E-state index is 11.6. The number of hydrogen-bond donors (Lipinski definition) is 0. The topological polar surface area (TPSA) is 39.7 Å². The fraction of sp³-hybridized carbons (Fsp3) is 0.318. The minimum Gasteiger partial charge on any atom is -0.369 e. The van der Waals surface area contributed by atoms with Gasteiger partial charge in [-0.1, -0.05) is 24.3 Å². The molecule has 0 bridgehead atoms. The molecule has 0 aliphatic carbocycles. The van der Waals surface area contributed by atoms with E-state index in [0.717, 1.165) is 31.8 Å². The molecule has 5 nitrogen and oxygen atoms in total. The molecule has 0 saturated carbocycles. The third-order valence-electron chi connectivity index (χ3n) is 5.76. The van der Waals surface area contributed by atoms with E-state index in [1.165, 1.54) is 11.3 Å². The number of thioether (sulfide) groups is 1. The highest BCUT2D eigenvalue weighted by Crippen LogP contribution is 2.51. The van der Waals surface area contributed by atoms with E-state index in [1.54, 1.807) is 6.20 Å². The van der Waals surface area contributed by atoms with Crippen molar-refractivity contribution < 1.29 is 4.79 Å². The van der Waals surface area contributed by atoms with Crippen LogP contribution in [0.5, 0.6) is 0 Å². The van der Waals surface area contributed by atoms with Crippen molar-refractivity contribution in [3.05, 3.63) is 78.3 Å². The summed E-state index contributed by atoms with van der Waals surface area (Å²) in [6.45, 7) is 3.98. The smallest absolute Gasteiger partial charge is 0.130 e. The molecule has 28 heavy (non-hydrogen) atoms. The Morgan fingerprint density at radius 3 is 2.57 bits per heavy atom. The van der Waals surface area contributed by atoms with Gasteiger partial charge in [0.15, 0.2) is 0 Å². The summed E-state index contributed by atoms with van der Waals surface area (Å²) < 4.78 is 0. The monoisotopic (exact) mass is 390 g/mol. The lowest BCUT2D eigenvalue weighted by Gasteiger charge is -2.40. The molecule has 2 saturated heterocycles. The molecule has 1 aromatic carbocycles. The lowest BCUT2D eigenvalue weighted by Crippen LogP contribution is -2.52. The molecule has 3 aliphatic rings. The lowest BCUT2D eigenvalue weighted by molar-refractivity contribution is 0.191. The maximum absolute atomic E-state index is 11.6. The fourth-order valence-corrected chi connectivity index (χ4v) is 6.07. The summed E-state index contributed by atoms with van der Waals surface area (Å²) in [5, 5.41) is 0.424. The Balaban J connectivity index is 1.35. The van der Waals surface area contributed by atoms with E-state index in [4.69, 9.17) is 0 Å². The number of hydrogen-bond acceptors (Lipinski definition) is 6. The van der Waals surface area contributed by atoms with E-state index in [1.807, 2.05) is 30.1 Å². The zero-order valence-electron chi connectivity index (χ0n) is 15.5. The summed E-state index contributed by atoms with van der Waals surface area (Å²) in [7, 11) is 0. The molecule has 2 fully saturated rings.